The Labute approximate surface area is 145 Å². The largest absolute Gasteiger partial charge is 0.460 e. The van der Waals surface area contributed by atoms with Crippen LogP contribution in [0.25, 0.3) is 11.0 Å². The summed E-state index contributed by atoms with van der Waals surface area (Å²) in [6, 6.07) is 7.39. The molecule has 4 aliphatic rings. The van der Waals surface area contributed by atoms with E-state index in [1.807, 2.05) is 0 Å². The van der Waals surface area contributed by atoms with Gasteiger partial charge in [-0.05, 0) is 56.1 Å². The smallest absolute Gasteiger partial charge is 0.134 e. The summed E-state index contributed by atoms with van der Waals surface area (Å²) in [7, 11) is 0. The van der Waals surface area contributed by atoms with Crippen LogP contribution in [0.3, 0.4) is 0 Å². The van der Waals surface area contributed by atoms with Crippen LogP contribution < -0.4 is 0 Å². The van der Waals surface area contributed by atoms with Crippen LogP contribution in [0.15, 0.2) is 22.6 Å². The van der Waals surface area contributed by atoms with E-state index < -0.39 is 0 Å². The molecule has 0 radical (unpaired) electrons. The van der Waals surface area contributed by atoms with Crippen LogP contribution in [0.5, 0.6) is 0 Å². The van der Waals surface area contributed by atoms with Crippen molar-refractivity contribution in [2.75, 3.05) is 13.1 Å². The summed E-state index contributed by atoms with van der Waals surface area (Å²) in [5.74, 6) is 2.81. The number of nitrogens with zero attached hydrogens (tertiary/aromatic N) is 1. The van der Waals surface area contributed by atoms with Crippen molar-refractivity contribution in [3.05, 3.63) is 35.1 Å². The molecular weight excluding hydrogens is 294 g/mol. The molecule has 3 aliphatic heterocycles. The predicted molar refractivity (Wildman–Crippen MR) is 98.5 cm³/mol. The van der Waals surface area contributed by atoms with Gasteiger partial charge in [0, 0.05) is 36.0 Å². The second-order valence-electron chi connectivity index (χ2n) is 8.95. The molecule has 0 N–H and O–H groups in total. The summed E-state index contributed by atoms with van der Waals surface area (Å²) in [5.41, 5.74) is 4.44. The summed E-state index contributed by atoms with van der Waals surface area (Å²) in [6.45, 7) is 9.64. The highest BCUT2D eigenvalue weighted by molar-refractivity contribution is 5.83. The number of fused-ring (bicyclic) bond motifs is 4. The Hall–Kier alpha value is -1.28. The van der Waals surface area contributed by atoms with E-state index in [4.69, 9.17) is 4.42 Å². The Kier molecular flexibility index (Phi) is 3.20. The number of benzene rings is 1. The lowest BCUT2D eigenvalue weighted by Gasteiger charge is -2.58. The molecule has 0 amide bonds. The summed E-state index contributed by atoms with van der Waals surface area (Å²) in [5, 5.41) is 1.38. The molecule has 4 bridgehead atoms. The molecular formula is C22H29NO. The highest BCUT2D eigenvalue weighted by Crippen LogP contribution is 2.57. The molecule has 5 atom stereocenters. The van der Waals surface area contributed by atoms with Gasteiger partial charge in [-0.1, -0.05) is 31.9 Å². The van der Waals surface area contributed by atoms with Gasteiger partial charge in [0.15, 0.2) is 0 Å². The average molecular weight is 323 g/mol. The number of rotatable bonds is 2. The summed E-state index contributed by atoms with van der Waals surface area (Å²) < 4.78 is 6.51. The minimum absolute atomic E-state index is 0.469. The van der Waals surface area contributed by atoms with Gasteiger partial charge in [0.05, 0.1) is 0 Å². The second-order valence-corrected chi connectivity index (χ2v) is 8.95. The predicted octanol–water partition coefficient (Wildman–Crippen LogP) is 5.28. The van der Waals surface area contributed by atoms with E-state index in [2.05, 4.69) is 43.9 Å². The van der Waals surface area contributed by atoms with Gasteiger partial charge in [0.2, 0.25) is 0 Å². The maximum absolute atomic E-state index is 6.51. The van der Waals surface area contributed by atoms with Crippen molar-refractivity contribution in [3.63, 3.8) is 0 Å². The third-order valence-corrected chi connectivity index (χ3v) is 7.11. The summed E-state index contributed by atoms with van der Waals surface area (Å²) in [6.07, 6.45) is 6.58. The van der Waals surface area contributed by atoms with Gasteiger partial charge in [-0.3, -0.25) is 4.90 Å². The van der Waals surface area contributed by atoms with E-state index in [0.29, 0.717) is 17.4 Å². The second kappa shape index (κ2) is 5.11. The van der Waals surface area contributed by atoms with Crippen molar-refractivity contribution in [3.8, 4) is 0 Å². The fourth-order valence-electron chi connectivity index (χ4n) is 6.51. The van der Waals surface area contributed by atoms with E-state index in [0.717, 1.165) is 17.9 Å². The molecule has 5 unspecified atom stereocenters. The topological polar surface area (TPSA) is 16.4 Å². The zero-order chi connectivity index (χ0) is 16.5. The molecule has 3 fully saturated rings. The Bertz CT molecular complexity index is 791. The van der Waals surface area contributed by atoms with E-state index >= 15 is 0 Å². The van der Waals surface area contributed by atoms with Gasteiger partial charge >= 0.3 is 0 Å². The normalized spacial score (nSPS) is 37.5. The molecule has 1 aliphatic carbocycles. The molecule has 1 aromatic carbocycles. The fourth-order valence-corrected chi connectivity index (χ4v) is 6.51. The molecule has 1 aromatic heterocycles. The van der Waals surface area contributed by atoms with E-state index in [1.165, 1.54) is 61.0 Å². The van der Waals surface area contributed by atoms with Crippen LogP contribution in [0.2, 0.25) is 0 Å². The van der Waals surface area contributed by atoms with Crippen LogP contribution in [0, 0.1) is 18.3 Å². The lowest BCUT2D eigenvalue weighted by atomic mass is 9.57. The third-order valence-electron chi connectivity index (χ3n) is 7.11. The van der Waals surface area contributed by atoms with Gasteiger partial charge in [-0.25, -0.2) is 0 Å². The molecule has 6 rings (SSSR count). The fraction of sp³-hybridized carbons (Fsp3) is 0.636. The Morgan fingerprint density at radius 3 is 3.04 bits per heavy atom. The SMILES string of the molecule is CCCC1(C)CC2CC3c4oc5ccc(C)cc5c4CCN(C2)C31. The van der Waals surface area contributed by atoms with Gasteiger partial charge in [0.1, 0.15) is 11.3 Å². The molecule has 24 heavy (non-hydrogen) atoms. The van der Waals surface area contributed by atoms with E-state index in [1.54, 1.807) is 0 Å². The molecule has 2 saturated heterocycles. The van der Waals surface area contributed by atoms with Crippen molar-refractivity contribution < 1.29 is 4.42 Å². The highest BCUT2D eigenvalue weighted by atomic mass is 16.3. The summed E-state index contributed by atoms with van der Waals surface area (Å²) >= 11 is 0. The van der Waals surface area contributed by atoms with Crippen molar-refractivity contribution in [2.24, 2.45) is 11.3 Å². The number of aryl methyl sites for hydroxylation is 1. The lowest BCUT2D eigenvalue weighted by Crippen LogP contribution is -2.60. The number of hydrogen-bond donors (Lipinski definition) is 0. The van der Waals surface area contributed by atoms with Crippen molar-refractivity contribution in [1.29, 1.82) is 0 Å². The van der Waals surface area contributed by atoms with Gasteiger partial charge < -0.3 is 4.42 Å². The van der Waals surface area contributed by atoms with Crippen LogP contribution in [0.1, 0.15) is 62.3 Å². The monoisotopic (exact) mass is 323 g/mol. The zero-order valence-corrected chi connectivity index (χ0v) is 15.3. The molecule has 0 spiro atoms. The van der Waals surface area contributed by atoms with E-state index in [-0.39, 0.29) is 0 Å². The molecule has 4 heterocycles. The Morgan fingerprint density at radius 1 is 1.33 bits per heavy atom. The first-order chi connectivity index (χ1) is 11.6. The standard InChI is InChI=1S/C22H29NO/c1-4-8-22(3)12-15-11-18-20-16(7-9-23(13-15)21(18)22)17-10-14(2)5-6-19(17)24-20/h5-6,10,15,18,21H,4,7-9,11-13H2,1-3H3. The third kappa shape index (κ3) is 1.98. The van der Waals surface area contributed by atoms with Crippen molar-refractivity contribution in [2.45, 2.75) is 64.8 Å². The van der Waals surface area contributed by atoms with Gasteiger partial charge in [0.25, 0.3) is 0 Å². The van der Waals surface area contributed by atoms with Crippen molar-refractivity contribution in [1.82, 2.24) is 4.90 Å². The zero-order valence-electron chi connectivity index (χ0n) is 15.3. The van der Waals surface area contributed by atoms with E-state index in [9.17, 15) is 0 Å². The first kappa shape index (κ1) is 15.0. The van der Waals surface area contributed by atoms with Crippen LogP contribution in [-0.2, 0) is 6.42 Å². The number of hydrogen-bond acceptors (Lipinski definition) is 2. The molecule has 128 valence electrons. The first-order valence-electron chi connectivity index (χ1n) is 9.85. The van der Waals surface area contributed by atoms with Crippen LogP contribution >= 0.6 is 0 Å². The lowest BCUT2D eigenvalue weighted by molar-refractivity contribution is -0.0731. The summed E-state index contributed by atoms with van der Waals surface area (Å²) in [4.78, 5) is 2.83. The number of piperidine rings is 2. The van der Waals surface area contributed by atoms with Crippen molar-refractivity contribution >= 4 is 11.0 Å². The minimum Gasteiger partial charge on any atom is -0.460 e. The maximum atomic E-state index is 6.51. The van der Waals surface area contributed by atoms with Crippen LogP contribution in [0.4, 0.5) is 0 Å². The minimum atomic E-state index is 0.469. The molecule has 1 saturated carbocycles. The average Bonchev–Trinajstić information content (AvgIpc) is 2.84. The maximum Gasteiger partial charge on any atom is 0.134 e. The van der Waals surface area contributed by atoms with Crippen LogP contribution in [-0.4, -0.2) is 24.0 Å². The van der Waals surface area contributed by atoms with Gasteiger partial charge in [-0.2, -0.15) is 0 Å². The number of furan rings is 1. The quantitative estimate of drug-likeness (QED) is 0.747. The highest BCUT2D eigenvalue weighted by Gasteiger charge is 2.55. The Balaban J connectivity index is 1.67. The molecule has 2 heteroatoms. The molecule has 2 nitrogen and oxygen atoms in total. The Morgan fingerprint density at radius 2 is 2.21 bits per heavy atom. The first-order valence-corrected chi connectivity index (χ1v) is 9.85. The van der Waals surface area contributed by atoms with Gasteiger partial charge in [-0.15, -0.1) is 0 Å². The molecule has 2 aromatic rings.